The van der Waals surface area contributed by atoms with E-state index in [0.29, 0.717) is 41.9 Å². The Kier molecular flexibility index (Phi) is 5.95. The predicted octanol–water partition coefficient (Wildman–Crippen LogP) is 3.08. The Hall–Kier alpha value is -2.32. The highest BCUT2D eigenvalue weighted by atomic mass is 35.5. The first-order chi connectivity index (χ1) is 12.6. The molecule has 136 valence electrons. The monoisotopic (exact) mass is 392 g/mol. The molecule has 7 nitrogen and oxygen atoms in total. The van der Waals surface area contributed by atoms with Crippen LogP contribution >= 0.6 is 23.4 Å². The highest BCUT2D eigenvalue weighted by molar-refractivity contribution is 8.00. The molecule has 1 saturated heterocycles. The van der Waals surface area contributed by atoms with Crippen LogP contribution in [-0.2, 0) is 4.79 Å². The number of pyridine rings is 1. The van der Waals surface area contributed by atoms with Crippen LogP contribution in [0, 0.1) is 10.1 Å². The molecule has 0 spiro atoms. The van der Waals surface area contributed by atoms with Gasteiger partial charge in [0.25, 0.3) is 5.69 Å². The van der Waals surface area contributed by atoms with E-state index in [-0.39, 0.29) is 22.3 Å². The molecule has 0 unspecified atom stereocenters. The number of benzene rings is 1. The van der Waals surface area contributed by atoms with E-state index in [1.165, 1.54) is 17.8 Å². The second-order valence-electron chi connectivity index (χ2n) is 5.69. The zero-order valence-corrected chi connectivity index (χ0v) is 15.4. The number of thioether (sulfide) groups is 1. The molecule has 1 fully saturated rings. The summed E-state index contributed by atoms with van der Waals surface area (Å²) >= 11 is 7.37. The molecule has 3 rings (SSSR count). The van der Waals surface area contributed by atoms with Crippen molar-refractivity contribution in [2.24, 2.45) is 0 Å². The van der Waals surface area contributed by atoms with Gasteiger partial charge in [0.1, 0.15) is 10.7 Å². The minimum absolute atomic E-state index is 0.0129. The van der Waals surface area contributed by atoms with Crippen LogP contribution in [0.25, 0.3) is 0 Å². The molecule has 1 aliphatic heterocycles. The first-order valence-electron chi connectivity index (χ1n) is 8.05. The lowest BCUT2D eigenvalue weighted by molar-refractivity contribution is -0.384. The number of amides is 1. The number of rotatable bonds is 5. The minimum atomic E-state index is -0.375. The van der Waals surface area contributed by atoms with Gasteiger partial charge in [0.2, 0.25) is 5.91 Å². The van der Waals surface area contributed by atoms with E-state index in [1.807, 2.05) is 4.90 Å². The molecule has 1 aromatic carbocycles. The Morgan fingerprint density at radius 3 is 2.62 bits per heavy atom. The van der Waals surface area contributed by atoms with Gasteiger partial charge in [0.15, 0.2) is 0 Å². The molecule has 1 aliphatic rings. The van der Waals surface area contributed by atoms with Gasteiger partial charge in [-0.25, -0.2) is 4.98 Å². The third-order valence-corrected chi connectivity index (χ3v) is 5.52. The van der Waals surface area contributed by atoms with Crippen molar-refractivity contribution in [1.82, 2.24) is 9.88 Å². The smallest absolute Gasteiger partial charge is 0.292 e. The van der Waals surface area contributed by atoms with E-state index < -0.39 is 0 Å². The average molecular weight is 393 g/mol. The second-order valence-corrected chi connectivity index (χ2v) is 7.06. The molecule has 1 amide bonds. The lowest BCUT2D eigenvalue weighted by atomic mass is 10.2. The van der Waals surface area contributed by atoms with Gasteiger partial charge in [-0.1, -0.05) is 35.5 Å². The highest BCUT2D eigenvalue weighted by Gasteiger charge is 2.25. The highest BCUT2D eigenvalue weighted by Crippen LogP contribution is 2.29. The summed E-state index contributed by atoms with van der Waals surface area (Å²) in [6, 6.07) is 10.2. The molecule has 0 bridgehead atoms. The number of aromatic nitrogens is 1. The predicted molar refractivity (Wildman–Crippen MR) is 102 cm³/mol. The molecular formula is C17H17ClN4O3S. The van der Waals surface area contributed by atoms with E-state index in [4.69, 9.17) is 11.6 Å². The maximum atomic E-state index is 12.4. The summed E-state index contributed by atoms with van der Waals surface area (Å²) in [5.41, 5.74) is 0.687. The molecule has 0 radical (unpaired) electrons. The van der Waals surface area contributed by atoms with Crippen LogP contribution in [-0.4, -0.2) is 52.6 Å². The Balaban J connectivity index is 1.56. The van der Waals surface area contributed by atoms with Crippen molar-refractivity contribution < 1.29 is 9.72 Å². The fourth-order valence-corrected chi connectivity index (χ4v) is 3.85. The SMILES string of the molecule is O=C(CSc1ncccc1Cl)N1CCN(c2ccccc2[N+](=O)[O-])CC1. The van der Waals surface area contributed by atoms with Crippen LogP contribution in [0.3, 0.4) is 0 Å². The van der Waals surface area contributed by atoms with Crippen LogP contribution in [0.1, 0.15) is 0 Å². The number of carbonyl (C=O) groups excluding carboxylic acids is 1. The molecular weight excluding hydrogens is 376 g/mol. The quantitative estimate of drug-likeness (QED) is 0.442. The molecule has 0 N–H and O–H groups in total. The Bertz CT molecular complexity index is 812. The molecule has 0 aliphatic carbocycles. The van der Waals surface area contributed by atoms with Crippen LogP contribution in [0.15, 0.2) is 47.6 Å². The van der Waals surface area contributed by atoms with Gasteiger partial charge in [0, 0.05) is 38.4 Å². The summed E-state index contributed by atoms with van der Waals surface area (Å²) in [4.78, 5) is 31.1. The third-order valence-electron chi connectivity index (χ3n) is 4.11. The average Bonchev–Trinajstić information content (AvgIpc) is 2.67. The number of nitro groups is 1. The lowest BCUT2D eigenvalue weighted by Crippen LogP contribution is -2.49. The van der Waals surface area contributed by atoms with Crippen molar-refractivity contribution in [1.29, 1.82) is 0 Å². The summed E-state index contributed by atoms with van der Waals surface area (Å²) in [6.07, 6.45) is 1.64. The van der Waals surface area contributed by atoms with E-state index in [0.717, 1.165) is 0 Å². The van der Waals surface area contributed by atoms with Crippen molar-refractivity contribution in [2.45, 2.75) is 5.03 Å². The zero-order chi connectivity index (χ0) is 18.5. The van der Waals surface area contributed by atoms with Gasteiger partial charge in [-0.3, -0.25) is 14.9 Å². The molecule has 2 heterocycles. The number of para-hydroxylation sites is 2. The van der Waals surface area contributed by atoms with E-state index in [9.17, 15) is 14.9 Å². The summed E-state index contributed by atoms with van der Waals surface area (Å²) in [6.45, 7) is 2.18. The Labute approximate surface area is 160 Å². The van der Waals surface area contributed by atoms with Gasteiger partial charge in [-0.05, 0) is 18.2 Å². The normalized spacial score (nSPS) is 14.3. The van der Waals surface area contributed by atoms with Crippen LogP contribution in [0.5, 0.6) is 0 Å². The number of nitrogens with zero attached hydrogens (tertiary/aromatic N) is 4. The number of halogens is 1. The standard InChI is InChI=1S/C17H17ClN4O3S/c18-13-4-3-7-19-17(13)26-12-16(23)21-10-8-20(9-11-21)14-5-1-2-6-15(14)22(24)25/h1-7H,8-12H2. The number of carbonyl (C=O) groups is 1. The van der Waals surface area contributed by atoms with Crippen molar-refractivity contribution in [3.63, 3.8) is 0 Å². The summed E-state index contributed by atoms with van der Waals surface area (Å²) < 4.78 is 0. The number of hydrogen-bond acceptors (Lipinski definition) is 6. The van der Waals surface area contributed by atoms with Gasteiger partial charge in [0.05, 0.1) is 15.7 Å². The minimum Gasteiger partial charge on any atom is -0.362 e. The fourth-order valence-electron chi connectivity index (χ4n) is 2.78. The third kappa shape index (κ3) is 4.25. The molecule has 2 aromatic rings. The van der Waals surface area contributed by atoms with Crippen molar-refractivity contribution >= 4 is 40.6 Å². The summed E-state index contributed by atoms with van der Waals surface area (Å²) in [7, 11) is 0. The van der Waals surface area contributed by atoms with Crippen LogP contribution in [0.2, 0.25) is 5.02 Å². The molecule has 9 heteroatoms. The molecule has 26 heavy (non-hydrogen) atoms. The zero-order valence-electron chi connectivity index (χ0n) is 13.9. The molecule has 0 saturated carbocycles. The number of anilines is 1. The number of hydrogen-bond donors (Lipinski definition) is 0. The summed E-state index contributed by atoms with van der Waals surface area (Å²) in [5.74, 6) is 0.279. The Morgan fingerprint density at radius 1 is 1.19 bits per heavy atom. The maximum Gasteiger partial charge on any atom is 0.292 e. The van der Waals surface area contributed by atoms with E-state index >= 15 is 0 Å². The van der Waals surface area contributed by atoms with E-state index in [2.05, 4.69) is 4.98 Å². The fraction of sp³-hybridized carbons (Fsp3) is 0.294. The van der Waals surface area contributed by atoms with E-state index in [1.54, 1.807) is 41.4 Å². The molecule has 0 atom stereocenters. The number of nitro benzene ring substituents is 1. The van der Waals surface area contributed by atoms with Crippen molar-refractivity contribution in [3.8, 4) is 0 Å². The van der Waals surface area contributed by atoms with Crippen LogP contribution < -0.4 is 4.90 Å². The first-order valence-corrected chi connectivity index (χ1v) is 9.42. The Morgan fingerprint density at radius 2 is 1.92 bits per heavy atom. The second kappa shape index (κ2) is 8.37. The topological polar surface area (TPSA) is 79.6 Å². The first kappa shape index (κ1) is 18.5. The van der Waals surface area contributed by atoms with Crippen molar-refractivity contribution in [3.05, 3.63) is 57.7 Å². The maximum absolute atomic E-state index is 12.4. The molecule has 1 aromatic heterocycles. The number of piperazine rings is 1. The van der Waals surface area contributed by atoms with Gasteiger partial charge in [-0.2, -0.15) is 0 Å². The van der Waals surface area contributed by atoms with Crippen molar-refractivity contribution in [2.75, 3.05) is 36.8 Å². The van der Waals surface area contributed by atoms with Gasteiger partial charge in [-0.15, -0.1) is 0 Å². The van der Waals surface area contributed by atoms with Crippen LogP contribution in [0.4, 0.5) is 11.4 Å². The largest absolute Gasteiger partial charge is 0.362 e. The van der Waals surface area contributed by atoms with Gasteiger partial charge < -0.3 is 9.80 Å². The van der Waals surface area contributed by atoms with Gasteiger partial charge >= 0.3 is 0 Å². The lowest BCUT2D eigenvalue weighted by Gasteiger charge is -2.35. The summed E-state index contributed by atoms with van der Waals surface area (Å²) in [5, 5.41) is 12.4.